The highest BCUT2D eigenvalue weighted by atomic mass is 16.3. The summed E-state index contributed by atoms with van der Waals surface area (Å²) in [6, 6.07) is 19.9. The number of nitrogens with zero attached hydrogens (tertiary/aromatic N) is 4. The number of hydrogen-bond donors (Lipinski definition) is 2. The van der Waals surface area contributed by atoms with E-state index in [9.17, 15) is 9.90 Å². The first-order valence-corrected chi connectivity index (χ1v) is 11.1. The molecule has 0 spiro atoms. The van der Waals surface area contributed by atoms with Crippen molar-refractivity contribution < 1.29 is 9.90 Å². The highest BCUT2D eigenvalue weighted by Crippen LogP contribution is 2.26. The molecule has 0 bridgehead atoms. The third-order valence-corrected chi connectivity index (χ3v) is 6.40. The van der Waals surface area contributed by atoms with Crippen molar-refractivity contribution in [2.75, 3.05) is 25.0 Å². The zero-order valence-electron chi connectivity index (χ0n) is 17.9. The van der Waals surface area contributed by atoms with Gasteiger partial charge in [-0.1, -0.05) is 42.5 Å². The maximum atomic E-state index is 13.1. The predicted octanol–water partition coefficient (Wildman–Crippen LogP) is 2.85. The number of carbonyl (C=O) groups is 1. The fourth-order valence-corrected chi connectivity index (χ4v) is 4.70. The van der Waals surface area contributed by atoms with Crippen LogP contribution in [-0.4, -0.2) is 62.6 Å². The second-order valence-electron chi connectivity index (χ2n) is 8.44. The van der Waals surface area contributed by atoms with Gasteiger partial charge in [0.25, 0.3) is 5.91 Å². The molecule has 7 nitrogen and oxygen atoms in total. The number of β-amino-alcohol motifs (C(OH)–C–C–N with tert-alkyl or cyclic N) is 1. The first-order valence-electron chi connectivity index (χ1n) is 11.1. The molecule has 1 unspecified atom stereocenters. The number of likely N-dealkylation sites (tertiary alicyclic amines) is 1. The fourth-order valence-electron chi connectivity index (χ4n) is 4.70. The van der Waals surface area contributed by atoms with Crippen LogP contribution in [0.15, 0.2) is 67.0 Å². The number of para-hydroxylation sites is 1. The summed E-state index contributed by atoms with van der Waals surface area (Å²) >= 11 is 0. The number of carbonyl (C=O) groups excluding carboxylic acids is 1. The molecule has 1 saturated heterocycles. The molecular weight excluding hydrogens is 402 g/mol. The highest BCUT2D eigenvalue weighted by Gasteiger charge is 2.35. The first-order chi connectivity index (χ1) is 15.7. The van der Waals surface area contributed by atoms with E-state index >= 15 is 0 Å². The van der Waals surface area contributed by atoms with Crippen LogP contribution < -0.4 is 5.32 Å². The van der Waals surface area contributed by atoms with Gasteiger partial charge < -0.3 is 15.3 Å². The summed E-state index contributed by atoms with van der Waals surface area (Å²) in [6.07, 6.45) is 2.56. The standard InChI is InChI=1S/C25H27N5O2/c31-23-16-30(13-11-22(23)29-12-10-18-6-4-5-7-19(18)15-29)25(32)21-14-24(27-17-26-21)28-20-8-2-1-3-9-20/h1-9,14,17,22-23,31H,10-13,15-16H2,(H,26,27,28)/t22?,23-/m0/s1. The Kier molecular flexibility index (Phi) is 5.83. The average Bonchev–Trinajstić information content (AvgIpc) is 2.84. The summed E-state index contributed by atoms with van der Waals surface area (Å²) in [4.78, 5) is 25.5. The minimum absolute atomic E-state index is 0.0631. The van der Waals surface area contributed by atoms with Gasteiger partial charge in [0.15, 0.2) is 0 Å². The van der Waals surface area contributed by atoms with Crippen molar-refractivity contribution in [2.24, 2.45) is 0 Å². The zero-order valence-corrected chi connectivity index (χ0v) is 17.9. The minimum atomic E-state index is -0.582. The molecule has 2 atom stereocenters. The van der Waals surface area contributed by atoms with Gasteiger partial charge in [-0.3, -0.25) is 9.69 Å². The van der Waals surface area contributed by atoms with Gasteiger partial charge in [-0.15, -0.1) is 0 Å². The van der Waals surface area contributed by atoms with Crippen molar-refractivity contribution in [3.8, 4) is 0 Å². The number of nitrogens with one attached hydrogen (secondary N) is 1. The highest BCUT2D eigenvalue weighted by molar-refractivity contribution is 5.93. The van der Waals surface area contributed by atoms with Crippen molar-refractivity contribution in [3.05, 3.63) is 83.8 Å². The van der Waals surface area contributed by atoms with Crippen molar-refractivity contribution in [3.63, 3.8) is 0 Å². The molecule has 0 saturated carbocycles. The van der Waals surface area contributed by atoms with Gasteiger partial charge in [0.1, 0.15) is 17.8 Å². The van der Waals surface area contributed by atoms with E-state index < -0.39 is 6.10 Å². The molecule has 3 aromatic rings. The molecular formula is C25H27N5O2. The van der Waals surface area contributed by atoms with E-state index in [-0.39, 0.29) is 11.9 Å². The third kappa shape index (κ3) is 4.35. The third-order valence-electron chi connectivity index (χ3n) is 6.40. The lowest BCUT2D eigenvalue weighted by Gasteiger charge is -2.43. The molecule has 2 aliphatic rings. The Hall–Kier alpha value is -3.29. The molecule has 2 N–H and O–H groups in total. The summed E-state index contributed by atoms with van der Waals surface area (Å²) in [5.74, 6) is 0.391. The minimum Gasteiger partial charge on any atom is -0.390 e. The molecule has 7 heteroatoms. The van der Waals surface area contributed by atoms with E-state index in [2.05, 4.69) is 44.5 Å². The Morgan fingerprint density at radius 2 is 1.78 bits per heavy atom. The Labute approximate surface area is 187 Å². The number of fused-ring (bicyclic) bond motifs is 1. The molecule has 0 aliphatic carbocycles. The van der Waals surface area contributed by atoms with Crippen LogP contribution in [0.1, 0.15) is 28.0 Å². The van der Waals surface area contributed by atoms with Crippen LogP contribution in [0.3, 0.4) is 0 Å². The molecule has 0 radical (unpaired) electrons. The summed E-state index contributed by atoms with van der Waals surface area (Å²) in [6.45, 7) is 2.70. The van der Waals surface area contributed by atoms with E-state index in [0.717, 1.165) is 31.6 Å². The predicted molar refractivity (Wildman–Crippen MR) is 123 cm³/mol. The summed E-state index contributed by atoms with van der Waals surface area (Å²) in [5.41, 5.74) is 3.96. The molecule has 3 heterocycles. The zero-order chi connectivity index (χ0) is 21.9. The lowest BCUT2D eigenvalue weighted by molar-refractivity contribution is -0.0139. The number of piperidine rings is 1. The second-order valence-corrected chi connectivity index (χ2v) is 8.44. The van der Waals surface area contributed by atoms with Crippen LogP contribution in [0.25, 0.3) is 0 Å². The Morgan fingerprint density at radius 1 is 1.00 bits per heavy atom. The quantitative estimate of drug-likeness (QED) is 0.664. The van der Waals surface area contributed by atoms with E-state index in [4.69, 9.17) is 0 Å². The number of aromatic nitrogens is 2. The van der Waals surface area contributed by atoms with Crippen molar-refractivity contribution in [1.82, 2.24) is 19.8 Å². The van der Waals surface area contributed by atoms with Gasteiger partial charge in [0.05, 0.1) is 6.10 Å². The molecule has 32 heavy (non-hydrogen) atoms. The number of rotatable bonds is 4. The van der Waals surface area contributed by atoms with Crippen LogP contribution in [0.5, 0.6) is 0 Å². The normalized spacial score (nSPS) is 21.1. The number of hydrogen-bond acceptors (Lipinski definition) is 6. The first kappa shape index (κ1) is 20.6. The van der Waals surface area contributed by atoms with E-state index in [1.54, 1.807) is 11.0 Å². The van der Waals surface area contributed by atoms with Crippen LogP contribution in [0.4, 0.5) is 11.5 Å². The maximum absolute atomic E-state index is 13.1. The average molecular weight is 430 g/mol. The lowest BCUT2D eigenvalue weighted by atomic mass is 9.94. The molecule has 1 aromatic heterocycles. The Balaban J connectivity index is 1.23. The van der Waals surface area contributed by atoms with Gasteiger partial charge in [-0.25, -0.2) is 9.97 Å². The lowest BCUT2D eigenvalue weighted by Crippen LogP contribution is -2.56. The van der Waals surface area contributed by atoms with E-state index in [1.165, 1.54) is 17.5 Å². The summed E-state index contributed by atoms with van der Waals surface area (Å²) in [7, 11) is 0. The second kappa shape index (κ2) is 9.06. The topological polar surface area (TPSA) is 81.6 Å². The van der Waals surface area contributed by atoms with E-state index in [0.29, 0.717) is 24.6 Å². The summed E-state index contributed by atoms with van der Waals surface area (Å²) in [5, 5.41) is 14.1. The van der Waals surface area contributed by atoms with Crippen LogP contribution in [0, 0.1) is 0 Å². The van der Waals surface area contributed by atoms with Crippen molar-refractivity contribution in [2.45, 2.75) is 31.5 Å². The van der Waals surface area contributed by atoms with Crippen LogP contribution in [0.2, 0.25) is 0 Å². The smallest absolute Gasteiger partial charge is 0.272 e. The Bertz CT molecular complexity index is 1090. The number of aliphatic hydroxyl groups is 1. The van der Waals surface area contributed by atoms with Gasteiger partial charge in [-0.05, 0) is 36.1 Å². The Morgan fingerprint density at radius 3 is 2.59 bits per heavy atom. The van der Waals surface area contributed by atoms with Crippen molar-refractivity contribution in [1.29, 1.82) is 0 Å². The largest absolute Gasteiger partial charge is 0.390 e. The molecule has 2 aliphatic heterocycles. The van der Waals surface area contributed by atoms with Gasteiger partial charge in [0.2, 0.25) is 0 Å². The molecule has 164 valence electrons. The number of anilines is 2. The summed E-state index contributed by atoms with van der Waals surface area (Å²) < 4.78 is 0. The van der Waals surface area contributed by atoms with Gasteiger partial charge in [-0.2, -0.15) is 0 Å². The SMILES string of the molecule is O=C(c1cc(Nc2ccccc2)ncn1)N1CCC(N2CCc3ccccc3C2)[C@@H](O)C1. The molecule has 2 aromatic carbocycles. The monoisotopic (exact) mass is 429 g/mol. The fraction of sp³-hybridized carbons (Fsp3) is 0.320. The van der Waals surface area contributed by atoms with Gasteiger partial charge in [0, 0.05) is 44.0 Å². The van der Waals surface area contributed by atoms with Crippen molar-refractivity contribution >= 4 is 17.4 Å². The van der Waals surface area contributed by atoms with E-state index in [1.807, 2.05) is 30.3 Å². The molecule has 1 fully saturated rings. The van der Waals surface area contributed by atoms with Gasteiger partial charge >= 0.3 is 0 Å². The number of aliphatic hydroxyl groups excluding tert-OH is 1. The van der Waals surface area contributed by atoms with Crippen LogP contribution >= 0.6 is 0 Å². The molecule has 5 rings (SSSR count). The van der Waals surface area contributed by atoms with Crippen LogP contribution in [-0.2, 0) is 13.0 Å². The number of benzene rings is 2. The maximum Gasteiger partial charge on any atom is 0.272 e. The number of amides is 1. The molecule has 1 amide bonds.